The fraction of sp³-hybridized carbons (Fsp3) is 0.385. The number of pyridine rings is 1. The molecule has 0 bridgehead atoms. The number of anilines is 1. The van der Waals surface area contributed by atoms with Crippen LogP contribution in [0.1, 0.15) is 6.23 Å². The summed E-state index contributed by atoms with van der Waals surface area (Å²) in [6, 6.07) is 1.52. The minimum atomic E-state index is -5.61. The van der Waals surface area contributed by atoms with Crippen molar-refractivity contribution in [2.45, 2.75) is 18.4 Å². The molecule has 2 aromatic heterocycles. The Balaban J connectivity index is 1.81. The zero-order valence-corrected chi connectivity index (χ0v) is 18.5. The highest BCUT2D eigenvalue weighted by atomic mass is 31.3. The predicted octanol–water partition coefficient (Wildman–Crippen LogP) is -0.194. The van der Waals surface area contributed by atoms with Crippen molar-refractivity contribution in [1.29, 1.82) is 0 Å². The summed E-state index contributed by atoms with van der Waals surface area (Å²) in [5.74, 6) is -0.620. The van der Waals surface area contributed by atoms with Gasteiger partial charge in [-0.25, -0.2) is 23.4 Å². The van der Waals surface area contributed by atoms with Crippen LogP contribution >= 0.6 is 23.2 Å². The van der Waals surface area contributed by atoms with Gasteiger partial charge in [0.25, 0.3) is 0 Å². The Bertz CT molecular complexity index is 1160. The van der Waals surface area contributed by atoms with Crippen molar-refractivity contribution >= 4 is 40.1 Å². The number of rotatable bonds is 8. The third-order valence-electron chi connectivity index (χ3n) is 4.32. The second-order valence-electron chi connectivity index (χ2n) is 6.58. The number of nitrogens with two attached hydrogens (primary N) is 1. The van der Waals surface area contributed by atoms with Crippen LogP contribution in [-0.4, -0.2) is 63.1 Å². The molecule has 178 valence electrons. The first-order valence-electron chi connectivity index (χ1n) is 8.57. The lowest BCUT2D eigenvalue weighted by atomic mass is 9.99. The van der Waals surface area contributed by atoms with Gasteiger partial charge in [-0.05, 0) is 12.1 Å². The molecule has 0 radical (unpaired) electrons. The third-order valence-corrected chi connectivity index (χ3v) is 8.31. The average molecular weight is 516 g/mol. The van der Waals surface area contributed by atoms with Crippen molar-refractivity contribution in [3.05, 3.63) is 30.5 Å². The standard InChI is InChI=1S/C13H19N4O12P3/c14-8-1-3-15-12-10(8)16-6-17(12)13-11(19)7(5-18)9(27-13)2-4-30(20,21)28-32(25,26)29-31(22,23)24/h1-4,6-7,9,11,13,18-19H,5H2,(H2,14,15)(H,20,21)(H,25,26)(H2,22,23,24)/b4-2+/t7-,9-,11-,13-/m1/s1. The third kappa shape index (κ3) is 5.69. The first-order chi connectivity index (χ1) is 14.7. The van der Waals surface area contributed by atoms with Crippen LogP contribution in [-0.2, 0) is 27.1 Å². The topological polar surface area (TPSA) is 257 Å². The van der Waals surface area contributed by atoms with E-state index >= 15 is 0 Å². The van der Waals surface area contributed by atoms with E-state index in [1.807, 2.05) is 0 Å². The van der Waals surface area contributed by atoms with Gasteiger partial charge in [-0.15, -0.1) is 0 Å². The Labute approximate surface area is 179 Å². The Kier molecular flexibility index (Phi) is 7.09. The molecule has 3 rings (SSSR count). The molecule has 16 nitrogen and oxygen atoms in total. The largest absolute Gasteiger partial charge is 0.488 e. The lowest BCUT2D eigenvalue weighted by Gasteiger charge is -2.17. The van der Waals surface area contributed by atoms with E-state index in [1.54, 1.807) is 0 Å². The summed E-state index contributed by atoms with van der Waals surface area (Å²) in [6.07, 6.45) is -0.0843. The number of aliphatic hydroxyl groups excluding tert-OH is 2. The highest BCUT2D eigenvalue weighted by Gasteiger charge is 2.44. The van der Waals surface area contributed by atoms with Gasteiger partial charge in [0.15, 0.2) is 11.9 Å². The van der Waals surface area contributed by atoms with E-state index in [2.05, 4.69) is 18.6 Å². The average Bonchev–Trinajstić information content (AvgIpc) is 3.18. The highest BCUT2D eigenvalue weighted by molar-refractivity contribution is 7.69. The van der Waals surface area contributed by atoms with Gasteiger partial charge in [0.2, 0.25) is 0 Å². The van der Waals surface area contributed by atoms with E-state index in [1.165, 1.54) is 23.2 Å². The molecule has 6 atom stereocenters. The molecule has 0 amide bonds. The van der Waals surface area contributed by atoms with Crippen molar-refractivity contribution in [3.8, 4) is 0 Å². The molecule has 2 aromatic rings. The number of ether oxygens (including phenoxy) is 1. The zero-order valence-electron chi connectivity index (χ0n) is 15.8. The van der Waals surface area contributed by atoms with Gasteiger partial charge in [0.1, 0.15) is 11.6 Å². The number of phosphoric acid groups is 2. The molecule has 1 saturated heterocycles. The normalized spacial score (nSPS) is 28.2. The first kappa shape index (κ1) is 25.1. The Morgan fingerprint density at radius 3 is 2.50 bits per heavy atom. The van der Waals surface area contributed by atoms with Crippen LogP contribution in [0.15, 0.2) is 30.5 Å². The van der Waals surface area contributed by atoms with Gasteiger partial charge in [-0.1, -0.05) is 0 Å². The van der Waals surface area contributed by atoms with E-state index in [0.29, 0.717) is 17.0 Å². The Hall–Kier alpha value is -1.51. The van der Waals surface area contributed by atoms with Gasteiger partial charge < -0.3 is 40.3 Å². The number of aliphatic hydroxyl groups is 2. The van der Waals surface area contributed by atoms with Crippen LogP contribution in [0.4, 0.5) is 5.69 Å². The van der Waals surface area contributed by atoms with Crippen LogP contribution in [0.3, 0.4) is 0 Å². The predicted molar refractivity (Wildman–Crippen MR) is 105 cm³/mol. The van der Waals surface area contributed by atoms with E-state index in [-0.39, 0.29) is 5.65 Å². The number of fused-ring (bicyclic) bond motifs is 1. The molecule has 0 aromatic carbocycles. The minimum absolute atomic E-state index is 0.266. The maximum atomic E-state index is 12.0. The molecule has 2 unspecified atom stereocenters. The minimum Gasteiger partial charge on any atom is -0.397 e. The first-order valence-corrected chi connectivity index (χ1v) is 13.2. The highest BCUT2D eigenvalue weighted by Crippen LogP contribution is 2.66. The lowest BCUT2D eigenvalue weighted by molar-refractivity contribution is -0.0234. The summed E-state index contributed by atoms with van der Waals surface area (Å²) in [6.45, 7) is -0.620. The van der Waals surface area contributed by atoms with Crippen molar-refractivity contribution in [3.63, 3.8) is 0 Å². The quantitative estimate of drug-likeness (QED) is 0.224. The molecule has 3 heterocycles. The summed E-state index contributed by atoms with van der Waals surface area (Å²) in [4.78, 5) is 44.3. The number of aromatic nitrogens is 3. The summed E-state index contributed by atoms with van der Waals surface area (Å²) in [5, 5.41) is 20.2. The van der Waals surface area contributed by atoms with Crippen molar-refractivity contribution in [2.75, 3.05) is 12.3 Å². The molecule has 1 fully saturated rings. The van der Waals surface area contributed by atoms with E-state index in [9.17, 15) is 33.7 Å². The molecule has 1 aliphatic heterocycles. The van der Waals surface area contributed by atoms with Crippen LogP contribution in [0.5, 0.6) is 0 Å². The smallest absolute Gasteiger partial charge is 0.397 e. The molecule has 19 heteroatoms. The number of hydrogen-bond donors (Lipinski definition) is 7. The maximum Gasteiger partial charge on any atom is 0.488 e. The van der Waals surface area contributed by atoms with Gasteiger partial charge in [0, 0.05) is 17.9 Å². The SMILES string of the molecule is Nc1ccnc2c1ncn2[C@@H]1O[C@H](/C=C/P(=O)(O)OP(=O)(O)OP(=O)(O)O)[C@@H](CO)[C@H]1O. The molecular weight excluding hydrogens is 497 g/mol. The van der Waals surface area contributed by atoms with E-state index in [0.717, 1.165) is 6.08 Å². The summed E-state index contributed by atoms with van der Waals surface area (Å²) < 4.78 is 48.6. The van der Waals surface area contributed by atoms with Crippen LogP contribution in [0.2, 0.25) is 0 Å². The summed E-state index contributed by atoms with van der Waals surface area (Å²) in [7, 11) is -16.2. The number of hydrogen-bond acceptors (Lipinski definition) is 11. The van der Waals surface area contributed by atoms with Crippen molar-refractivity contribution < 1.29 is 56.8 Å². The zero-order chi connectivity index (χ0) is 23.9. The van der Waals surface area contributed by atoms with Crippen molar-refractivity contribution in [1.82, 2.24) is 14.5 Å². The Morgan fingerprint density at radius 1 is 1.19 bits per heavy atom. The van der Waals surface area contributed by atoms with Crippen LogP contribution < -0.4 is 5.73 Å². The van der Waals surface area contributed by atoms with Gasteiger partial charge in [0.05, 0.1) is 24.7 Å². The second-order valence-corrected chi connectivity index (χ2v) is 11.2. The van der Waals surface area contributed by atoms with Gasteiger partial charge >= 0.3 is 23.2 Å². The molecular formula is C13H19N4O12P3. The van der Waals surface area contributed by atoms with Gasteiger partial charge in [-0.3, -0.25) is 9.13 Å². The molecule has 32 heavy (non-hydrogen) atoms. The number of nitrogen functional groups attached to an aromatic ring is 1. The second kappa shape index (κ2) is 9.03. The van der Waals surface area contributed by atoms with Crippen LogP contribution in [0.25, 0.3) is 11.2 Å². The van der Waals surface area contributed by atoms with Crippen LogP contribution in [0, 0.1) is 5.92 Å². The van der Waals surface area contributed by atoms with E-state index in [4.69, 9.17) is 20.3 Å². The molecule has 0 aliphatic carbocycles. The molecule has 0 saturated carbocycles. The monoisotopic (exact) mass is 516 g/mol. The Morgan fingerprint density at radius 2 is 1.88 bits per heavy atom. The molecule has 0 spiro atoms. The molecule has 1 aliphatic rings. The fourth-order valence-electron chi connectivity index (χ4n) is 3.04. The molecule has 8 N–H and O–H groups in total. The maximum absolute atomic E-state index is 12.0. The van der Waals surface area contributed by atoms with E-state index < -0.39 is 54.2 Å². The fourth-order valence-corrected chi connectivity index (χ4v) is 6.29. The summed E-state index contributed by atoms with van der Waals surface area (Å²) >= 11 is 0. The van der Waals surface area contributed by atoms with Crippen molar-refractivity contribution in [2.24, 2.45) is 5.92 Å². The van der Waals surface area contributed by atoms with Gasteiger partial charge in [-0.2, -0.15) is 4.31 Å². The summed E-state index contributed by atoms with van der Waals surface area (Å²) in [5.41, 5.74) is 6.74. The lowest BCUT2D eigenvalue weighted by Crippen LogP contribution is -2.28. The number of nitrogens with zero attached hydrogens (tertiary/aromatic N) is 3. The number of imidazole rings is 1.